The largest absolute Gasteiger partial charge is 0.406 e. The summed E-state index contributed by atoms with van der Waals surface area (Å²) in [4.78, 5) is 0. The lowest BCUT2D eigenvalue weighted by atomic mass is 9.51. The van der Waals surface area contributed by atoms with Crippen molar-refractivity contribution in [1.29, 1.82) is 0 Å². The average molecular weight is 390 g/mol. The second-order valence-electron chi connectivity index (χ2n) is 6.96. The topological polar surface area (TPSA) is 27.7 Å². The molecule has 9 heteroatoms. The van der Waals surface area contributed by atoms with Crippen molar-refractivity contribution in [3.05, 3.63) is 12.7 Å². The lowest BCUT2D eigenvalue weighted by Gasteiger charge is -2.59. The maximum absolute atomic E-state index is 14.0. The van der Waals surface area contributed by atoms with Crippen molar-refractivity contribution >= 4 is 0 Å². The second kappa shape index (κ2) is 7.31. The van der Waals surface area contributed by atoms with Crippen molar-refractivity contribution in [2.24, 2.45) is 10.8 Å². The number of halogens is 6. The van der Waals surface area contributed by atoms with Crippen LogP contribution < -0.4 is 0 Å². The fourth-order valence-corrected chi connectivity index (χ4v) is 4.89. The molecular formula is C17H24F6O3. The van der Waals surface area contributed by atoms with Crippen LogP contribution in [0.1, 0.15) is 38.5 Å². The van der Waals surface area contributed by atoms with Crippen LogP contribution in [-0.4, -0.2) is 45.1 Å². The zero-order valence-corrected chi connectivity index (χ0v) is 14.6. The zero-order chi connectivity index (χ0) is 19.7. The molecule has 2 aliphatic rings. The van der Waals surface area contributed by atoms with Gasteiger partial charge in [-0.05, 0) is 32.1 Å². The molecule has 2 aliphatic carbocycles. The maximum atomic E-state index is 14.0. The van der Waals surface area contributed by atoms with Gasteiger partial charge < -0.3 is 14.2 Å². The van der Waals surface area contributed by atoms with E-state index in [1.165, 1.54) is 13.2 Å². The lowest BCUT2D eigenvalue weighted by molar-refractivity contribution is -0.422. The highest BCUT2D eigenvalue weighted by Gasteiger charge is 2.84. The third-order valence-electron chi connectivity index (χ3n) is 6.00. The summed E-state index contributed by atoms with van der Waals surface area (Å²) < 4.78 is 99.3. The molecule has 0 heterocycles. The highest BCUT2D eigenvalue weighted by Crippen LogP contribution is 2.73. The number of methoxy groups -OCH3 is 1. The van der Waals surface area contributed by atoms with Crippen LogP contribution in [0.2, 0.25) is 0 Å². The Hall–Kier alpha value is -0.800. The third-order valence-corrected chi connectivity index (χ3v) is 6.00. The van der Waals surface area contributed by atoms with Crippen molar-refractivity contribution < 1.29 is 40.6 Å². The van der Waals surface area contributed by atoms with E-state index in [0.29, 0.717) is 0 Å². The van der Waals surface area contributed by atoms with Crippen LogP contribution in [0.15, 0.2) is 12.7 Å². The minimum absolute atomic E-state index is 0.0126. The van der Waals surface area contributed by atoms with E-state index in [1.54, 1.807) is 0 Å². The lowest BCUT2D eigenvalue weighted by Crippen LogP contribution is -2.71. The predicted molar refractivity (Wildman–Crippen MR) is 81.4 cm³/mol. The van der Waals surface area contributed by atoms with Gasteiger partial charge in [-0.3, -0.25) is 0 Å². The number of hydrogen-bond acceptors (Lipinski definition) is 3. The number of fused-ring (bicyclic) bond motifs is 1. The summed E-state index contributed by atoms with van der Waals surface area (Å²) in [7, 11) is 1.40. The molecule has 0 aromatic rings. The number of hydrogen-bond donors (Lipinski definition) is 0. The Morgan fingerprint density at radius 1 is 0.923 bits per heavy atom. The van der Waals surface area contributed by atoms with Crippen LogP contribution >= 0.6 is 0 Å². The molecule has 2 fully saturated rings. The van der Waals surface area contributed by atoms with Crippen LogP contribution in [0.25, 0.3) is 0 Å². The molecule has 2 saturated carbocycles. The smallest absolute Gasteiger partial charge is 0.382 e. The molecule has 0 amide bonds. The first kappa shape index (κ1) is 21.5. The summed E-state index contributed by atoms with van der Waals surface area (Å²) in [5, 5.41) is 0. The van der Waals surface area contributed by atoms with Gasteiger partial charge in [0.05, 0.1) is 13.2 Å². The van der Waals surface area contributed by atoms with Crippen LogP contribution in [-0.2, 0) is 14.2 Å². The summed E-state index contributed by atoms with van der Waals surface area (Å²) in [5.41, 5.74) is -7.80. The van der Waals surface area contributed by atoms with Gasteiger partial charge >= 0.3 is 12.4 Å². The quantitative estimate of drug-likeness (QED) is 0.265. The van der Waals surface area contributed by atoms with Gasteiger partial charge in [-0.2, -0.15) is 26.3 Å². The molecule has 2 atom stereocenters. The number of ether oxygens (including phenoxy) is 3. The molecule has 152 valence electrons. The molecular weight excluding hydrogens is 366 g/mol. The molecule has 0 aliphatic heterocycles. The first-order valence-electron chi connectivity index (χ1n) is 8.51. The van der Waals surface area contributed by atoms with Gasteiger partial charge in [0.1, 0.15) is 12.4 Å². The van der Waals surface area contributed by atoms with E-state index < -0.39 is 42.0 Å². The van der Waals surface area contributed by atoms with Crippen LogP contribution in [0, 0.1) is 10.8 Å². The van der Waals surface area contributed by atoms with E-state index in [9.17, 15) is 26.3 Å². The number of alkyl halides is 6. The summed E-state index contributed by atoms with van der Waals surface area (Å²) in [6.07, 6.45) is -10.8. The van der Waals surface area contributed by atoms with Crippen molar-refractivity contribution in [2.75, 3.05) is 27.1 Å². The molecule has 0 N–H and O–H groups in total. The van der Waals surface area contributed by atoms with E-state index in [2.05, 4.69) is 6.58 Å². The molecule has 3 nitrogen and oxygen atoms in total. The van der Waals surface area contributed by atoms with Gasteiger partial charge in [-0.15, -0.1) is 6.58 Å². The molecule has 2 unspecified atom stereocenters. The van der Waals surface area contributed by atoms with E-state index in [-0.39, 0.29) is 45.3 Å². The minimum atomic E-state index is -5.50. The zero-order valence-electron chi connectivity index (χ0n) is 14.6. The van der Waals surface area contributed by atoms with Gasteiger partial charge in [0.15, 0.2) is 5.41 Å². The monoisotopic (exact) mass is 390 g/mol. The summed E-state index contributed by atoms with van der Waals surface area (Å²) in [5.74, 6) is 0. The molecule has 0 aromatic heterocycles. The Kier molecular flexibility index (Phi) is 6.05. The first-order valence-corrected chi connectivity index (χ1v) is 8.51. The molecule has 0 bridgehead atoms. The van der Waals surface area contributed by atoms with Crippen LogP contribution in [0.3, 0.4) is 0 Å². The fourth-order valence-electron chi connectivity index (χ4n) is 4.89. The molecule has 2 rings (SSSR count). The molecule has 0 saturated heterocycles. The Morgan fingerprint density at radius 2 is 1.50 bits per heavy atom. The SMILES string of the molecule is C=CC12CCCC1(OCOCCOC)C(C(F)(F)F)(C(F)(F)F)CCC2. The standard InChI is InChI=1S/C17H24F6O3/c1-3-13-6-4-8-14(16(18,19)20,17(21,22)23)15(13,9-5-7-13)26-12-25-11-10-24-2/h3H,1,4-12H2,2H3. The second-order valence-corrected chi connectivity index (χ2v) is 6.96. The Balaban J connectivity index is 2.52. The van der Waals surface area contributed by atoms with E-state index in [4.69, 9.17) is 14.2 Å². The third kappa shape index (κ3) is 2.96. The predicted octanol–water partition coefficient (Wildman–Crippen LogP) is 5.01. The normalized spacial score (nSPS) is 31.7. The molecule has 0 spiro atoms. The Bertz CT molecular complexity index is 490. The van der Waals surface area contributed by atoms with Crippen LogP contribution in [0.4, 0.5) is 26.3 Å². The summed E-state index contributed by atoms with van der Waals surface area (Å²) in [6, 6.07) is 0. The highest BCUT2D eigenvalue weighted by atomic mass is 19.4. The van der Waals surface area contributed by atoms with Crippen LogP contribution in [0.5, 0.6) is 0 Å². The maximum Gasteiger partial charge on any atom is 0.406 e. The average Bonchev–Trinajstić information content (AvgIpc) is 2.91. The molecule has 0 radical (unpaired) electrons. The van der Waals surface area contributed by atoms with E-state index in [1.807, 2.05) is 0 Å². The summed E-state index contributed by atoms with van der Waals surface area (Å²) in [6.45, 7) is 3.09. The van der Waals surface area contributed by atoms with Gasteiger partial charge in [-0.25, -0.2) is 0 Å². The van der Waals surface area contributed by atoms with Gasteiger partial charge in [0, 0.05) is 12.5 Å². The van der Waals surface area contributed by atoms with Crippen molar-refractivity contribution in [1.82, 2.24) is 0 Å². The summed E-state index contributed by atoms with van der Waals surface area (Å²) >= 11 is 0. The van der Waals surface area contributed by atoms with E-state index >= 15 is 0 Å². The Morgan fingerprint density at radius 3 is 2.00 bits per heavy atom. The molecule has 0 aromatic carbocycles. The van der Waals surface area contributed by atoms with E-state index in [0.717, 1.165) is 0 Å². The first-order chi connectivity index (χ1) is 12.0. The number of rotatable bonds is 7. The minimum Gasteiger partial charge on any atom is -0.382 e. The van der Waals surface area contributed by atoms with Gasteiger partial charge in [-0.1, -0.05) is 12.5 Å². The van der Waals surface area contributed by atoms with Crippen molar-refractivity contribution in [2.45, 2.75) is 56.5 Å². The van der Waals surface area contributed by atoms with Crippen molar-refractivity contribution in [3.63, 3.8) is 0 Å². The highest BCUT2D eigenvalue weighted by molar-refractivity contribution is 5.25. The molecule has 26 heavy (non-hydrogen) atoms. The Labute approximate surface area is 148 Å². The van der Waals surface area contributed by atoms with Gasteiger partial charge in [0.25, 0.3) is 0 Å². The van der Waals surface area contributed by atoms with Gasteiger partial charge in [0.2, 0.25) is 0 Å². The van der Waals surface area contributed by atoms with Crippen molar-refractivity contribution in [3.8, 4) is 0 Å². The fraction of sp³-hybridized carbons (Fsp3) is 0.882.